The van der Waals surface area contributed by atoms with E-state index in [-0.39, 0.29) is 6.61 Å². The van der Waals surface area contributed by atoms with E-state index in [1.165, 1.54) is 37.8 Å². The molecule has 0 heterocycles. The van der Waals surface area contributed by atoms with E-state index in [1.54, 1.807) is 0 Å². The first-order valence-electron chi connectivity index (χ1n) is 5.85. The Bertz CT molecular complexity index is 288. The maximum atomic E-state index is 8.93. The number of hydrogen-bond donors (Lipinski definition) is 2. The predicted molar refractivity (Wildman–Crippen MR) is 62.9 cm³/mol. The molecule has 0 unspecified atom stereocenters. The average Bonchev–Trinajstić information content (AvgIpc) is 2.31. The highest BCUT2D eigenvalue weighted by Gasteiger charge is 2.12. The quantitative estimate of drug-likeness (QED) is 0.795. The lowest BCUT2D eigenvalue weighted by atomic mass is 9.95. The van der Waals surface area contributed by atoms with E-state index in [2.05, 4.69) is 17.4 Å². The number of benzene rings is 1. The number of hydrogen-bond acceptors (Lipinski definition) is 2. The Kier molecular flexibility index (Phi) is 3.62. The summed E-state index contributed by atoms with van der Waals surface area (Å²) in [6, 6.07) is 8.72. The number of aliphatic hydroxyl groups excluding tert-OH is 1. The third-order valence-corrected chi connectivity index (χ3v) is 3.11. The van der Waals surface area contributed by atoms with Crippen LogP contribution < -0.4 is 5.32 Å². The van der Waals surface area contributed by atoms with Crippen LogP contribution in [0.1, 0.15) is 37.7 Å². The standard InChI is InChI=1S/C13H19NO/c15-10-11-6-8-13(9-7-11)14-12-4-2-1-3-5-12/h6-9,12,14-15H,1-5,10H2. The van der Waals surface area contributed by atoms with Gasteiger partial charge < -0.3 is 10.4 Å². The molecule has 2 heteroatoms. The minimum absolute atomic E-state index is 0.129. The summed E-state index contributed by atoms with van der Waals surface area (Å²) in [4.78, 5) is 0. The fourth-order valence-corrected chi connectivity index (χ4v) is 2.19. The summed E-state index contributed by atoms with van der Waals surface area (Å²) in [5, 5.41) is 12.5. The van der Waals surface area contributed by atoms with Gasteiger partial charge in [0.2, 0.25) is 0 Å². The second kappa shape index (κ2) is 5.17. The third kappa shape index (κ3) is 2.96. The molecule has 0 aliphatic heterocycles. The monoisotopic (exact) mass is 205 g/mol. The minimum Gasteiger partial charge on any atom is -0.392 e. The van der Waals surface area contributed by atoms with Crippen molar-refractivity contribution in [2.75, 3.05) is 5.32 Å². The zero-order valence-corrected chi connectivity index (χ0v) is 9.08. The van der Waals surface area contributed by atoms with Crippen LogP contribution in [0.2, 0.25) is 0 Å². The molecule has 2 rings (SSSR count). The maximum Gasteiger partial charge on any atom is 0.0681 e. The summed E-state index contributed by atoms with van der Waals surface area (Å²) in [7, 11) is 0. The maximum absolute atomic E-state index is 8.93. The molecule has 1 aromatic carbocycles. The summed E-state index contributed by atoms with van der Waals surface area (Å²) >= 11 is 0. The van der Waals surface area contributed by atoms with Crippen molar-refractivity contribution in [1.82, 2.24) is 0 Å². The summed E-state index contributed by atoms with van der Waals surface area (Å²) in [6.07, 6.45) is 6.68. The number of aliphatic hydroxyl groups is 1. The zero-order chi connectivity index (χ0) is 10.5. The van der Waals surface area contributed by atoms with Crippen molar-refractivity contribution in [3.8, 4) is 0 Å². The van der Waals surface area contributed by atoms with Gasteiger partial charge in [-0.05, 0) is 30.5 Å². The Hall–Kier alpha value is -1.02. The van der Waals surface area contributed by atoms with Gasteiger partial charge in [-0.15, -0.1) is 0 Å². The highest BCUT2D eigenvalue weighted by Crippen LogP contribution is 2.21. The SMILES string of the molecule is OCc1ccc(NC2CCCCC2)cc1. The first kappa shape index (κ1) is 10.5. The van der Waals surface area contributed by atoms with Crippen LogP contribution >= 0.6 is 0 Å². The van der Waals surface area contributed by atoms with Gasteiger partial charge in [-0.25, -0.2) is 0 Å². The van der Waals surface area contributed by atoms with Crippen LogP contribution in [-0.4, -0.2) is 11.1 Å². The van der Waals surface area contributed by atoms with Crippen LogP contribution in [0.3, 0.4) is 0 Å². The molecule has 2 nitrogen and oxygen atoms in total. The Morgan fingerprint density at radius 1 is 1.07 bits per heavy atom. The lowest BCUT2D eigenvalue weighted by Crippen LogP contribution is -2.22. The summed E-state index contributed by atoms with van der Waals surface area (Å²) in [5.41, 5.74) is 2.16. The van der Waals surface area contributed by atoms with Crippen LogP contribution in [-0.2, 0) is 6.61 Å². The second-order valence-corrected chi connectivity index (χ2v) is 4.33. The van der Waals surface area contributed by atoms with Crippen LogP contribution in [0.5, 0.6) is 0 Å². The van der Waals surface area contributed by atoms with Gasteiger partial charge in [0.05, 0.1) is 6.61 Å². The van der Waals surface area contributed by atoms with E-state index in [1.807, 2.05) is 12.1 Å². The van der Waals surface area contributed by atoms with Gasteiger partial charge in [0.25, 0.3) is 0 Å². The Morgan fingerprint density at radius 2 is 1.73 bits per heavy atom. The van der Waals surface area contributed by atoms with Crippen LogP contribution in [0.15, 0.2) is 24.3 Å². The molecule has 0 bridgehead atoms. The lowest BCUT2D eigenvalue weighted by Gasteiger charge is -2.23. The second-order valence-electron chi connectivity index (χ2n) is 4.33. The Labute approximate surface area is 91.3 Å². The zero-order valence-electron chi connectivity index (χ0n) is 9.08. The van der Waals surface area contributed by atoms with Gasteiger partial charge in [0.15, 0.2) is 0 Å². The van der Waals surface area contributed by atoms with Crippen LogP contribution in [0.25, 0.3) is 0 Å². The molecule has 1 fully saturated rings. The molecule has 1 aliphatic carbocycles. The molecular formula is C13H19NO. The van der Waals surface area contributed by atoms with E-state index in [0.29, 0.717) is 6.04 Å². The van der Waals surface area contributed by atoms with Gasteiger partial charge in [-0.3, -0.25) is 0 Å². The number of rotatable bonds is 3. The van der Waals surface area contributed by atoms with Crippen molar-refractivity contribution < 1.29 is 5.11 Å². The third-order valence-electron chi connectivity index (χ3n) is 3.11. The highest BCUT2D eigenvalue weighted by atomic mass is 16.3. The predicted octanol–water partition coefficient (Wildman–Crippen LogP) is 2.92. The Morgan fingerprint density at radius 3 is 2.33 bits per heavy atom. The molecule has 0 aromatic heterocycles. The van der Waals surface area contributed by atoms with Gasteiger partial charge >= 0.3 is 0 Å². The molecule has 0 radical (unpaired) electrons. The van der Waals surface area contributed by atoms with Crippen LogP contribution in [0.4, 0.5) is 5.69 Å². The van der Waals surface area contributed by atoms with Crippen molar-refractivity contribution in [2.24, 2.45) is 0 Å². The summed E-state index contributed by atoms with van der Waals surface area (Å²) < 4.78 is 0. The minimum atomic E-state index is 0.129. The smallest absolute Gasteiger partial charge is 0.0681 e. The molecule has 2 N–H and O–H groups in total. The molecule has 0 saturated heterocycles. The fraction of sp³-hybridized carbons (Fsp3) is 0.538. The van der Waals surface area contributed by atoms with E-state index < -0.39 is 0 Å². The van der Waals surface area contributed by atoms with Gasteiger partial charge in [0, 0.05) is 11.7 Å². The normalized spacial score (nSPS) is 17.7. The fourth-order valence-electron chi connectivity index (χ4n) is 2.19. The molecule has 1 saturated carbocycles. The number of anilines is 1. The topological polar surface area (TPSA) is 32.3 Å². The molecule has 0 amide bonds. The molecule has 1 aliphatic rings. The molecule has 82 valence electrons. The van der Waals surface area contributed by atoms with Gasteiger partial charge in [-0.2, -0.15) is 0 Å². The largest absolute Gasteiger partial charge is 0.392 e. The van der Waals surface area contributed by atoms with Crippen molar-refractivity contribution in [2.45, 2.75) is 44.8 Å². The lowest BCUT2D eigenvalue weighted by molar-refractivity contribution is 0.282. The highest BCUT2D eigenvalue weighted by molar-refractivity contribution is 5.45. The average molecular weight is 205 g/mol. The van der Waals surface area contributed by atoms with Gasteiger partial charge in [0.1, 0.15) is 0 Å². The summed E-state index contributed by atoms with van der Waals surface area (Å²) in [5.74, 6) is 0. The van der Waals surface area contributed by atoms with Gasteiger partial charge in [-0.1, -0.05) is 31.4 Å². The number of nitrogens with one attached hydrogen (secondary N) is 1. The van der Waals surface area contributed by atoms with E-state index in [0.717, 1.165) is 5.56 Å². The van der Waals surface area contributed by atoms with Crippen molar-refractivity contribution in [1.29, 1.82) is 0 Å². The molecular weight excluding hydrogens is 186 g/mol. The first-order valence-corrected chi connectivity index (χ1v) is 5.85. The van der Waals surface area contributed by atoms with E-state index in [9.17, 15) is 0 Å². The first-order chi connectivity index (χ1) is 7.38. The van der Waals surface area contributed by atoms with Crippen molar-refractivity contribution in [3.05, 3.63) is 29.8 Å². The van der Waals surface area contributed by atoms with Crippen molar-refractivity contribution in [3.63, 3.8) is 0 Å². The molecule has 0 atom stereocenters. The van der Waals surface area contributed by atoms with E-state index in [4.69, 9.17) is 5.11 Å². The van der Waals surface area contributed by atoms with Crippen molar-refractivity contribution >= 4 is 5.69 Å². The molecule has 1 aromatic rings. The molecule has 0 spiro atoms. The molecule has 15 heavy (non-hydrogen) atoms. The Balaban J connectivity index is 1.91. The summed E-state index contributed by atoms with van der Waals surface area (Å²) in [6.45, 7) is 0.129. The van der Waals surface area contributed by atoms with Crippen LogP contribution in [0, 0.1) is 0 Å². The van der Waals surface area contributed by atoms with E-state index >= 15 is 0 Å².